The van der Waals surface area contributed by atoms with Gasteiger partial charge in [0.15, 0.2) is 0 Å². The van der Waals surface area contributed by atoms with E-state index in [0.717, 1.165) is 12.0 Å². The molecule has 44 heavy (non-hydrogen) atoms. The van der Waals surface area contributed by atoms with Gasteiger partial charge in [0.1, 0.15) is 0 Å². The first-order chi connectivity index (χ1) is 20.6. The zero-order valence-electron chi connectivity index (χ0n) is 27.4. The summed E-state index contributed by atoms with van der Waals surface area (Å²) in [5, 5.41) is 2.85. The molecule has 1 fully saturated rings. The number of anilines is 2. The second kappa shape index (κ2) is 14.1. The molecule has 0 radical (unpaired) electrons. The van der Waals surface area contributed by atoms with Crippen LogP contribution in [0, 0.1) is 12.5 Å². The van der Waals surface area contributed by atoms with Gasteiger partial charge < -0.3 is 4.90 Å². The van der Waals surface area contributed by atoms with Crippen molar-refractivity contribution in [3.63, 3.8) is 0 Å². The van der Waals surface area contributed by atoms with E-state index in [9.17, 15) is 4.79 Å². The first kappa shape index (κ1) is 34.7. The molecule has 1 amide bonds. The molecule has 0 bridgehead atoms. The predicted octanol–water partition coefficient (Wildman–Crippen LogP) is 10.2. The van der Waals surface area contributed by atoms with Crippen LogP contribution in [0.2, 0.25) is 0 Å². The average Bonchev–Trinajstić information content (AvgIpc) is 3.21. The first-order valence-electron chi connectivity index (χ1n) is 15.4. The summed E-state index contributed by atoms with van der Waals surface area (Å²) in [6.07, 6.45) is 0.645. The fourth-order valence-corrected chi connectivity index (χ4v) is 8.20. The number of rotatable bonds is 6. The second-order valence-corrected chi connectivity index (χ2v) is 19.4. The molecule has 2 atom stereocenters. The van der Waals surface area contributed by atoms with Gasteiger partial charge in [-0.25, -0.2) is 6.54 Å². The van der Waals surface area contributed by atoms with Crippen molar-refractivity contribution in [3.05, 3.63) is 95.5 Å². The molecule has 3 aromatic carbocycles. The van der Waals surface area contributed by atoms with Crippen LogP contribution in [0.1, 0.15) is 103 Å². The van der Waals surface area contributed by atoms with Gasteiger partial charge in [-0.15, -0.1) is 5.41 Å². The van der Waals surface area contributed by atoms with Crippen molar-refractivity contribution >= 4 is 41.3 Å². The Labute approximate surface area is 278 Å². The smallest absolute Gasteiger partial charge is 0.0145 e. The number of amides is 1. The number of ether oxygens (including phenoxy) is 1. The fraction of sp³-hybridized carbons (Fsp3) is 0.432. The SMILES string of the molecule is CC(C)C1Oc2c([CH]=[Ru]([Cl])[Cl])cccc2NC1=O.CC(C)c1cccc(C(C)C)c1N1[CH-]C(C)(c2ccccc2)CC1(C)C. The first-order valence-corrected chi connectivity index (χ1v) is 20.9. The molecule has 1 N–H and O–H groups in total. The molecule has 2 heterocycles. The summed E-state index contributed by atoms with van der Waals surface area (Å²) < 4.78 is 7.62. The number of hydrogen-bond donors (Lipinski definition) is 1. The molecule has 2 aliphatic heterocycles. The fourth-order valence-electron chi connectivity index (χ4n) is 6.41. The van der Waals surface area contributed by atoms with Gasteiger partial charge in [0, 0.05) is 11.2 Å². The Bertz CT molecular complexity index is 1470. The average molecular weight is 724 g/mol. The Morgan fingerprint density at radius 3 is 2.05 bits per heavy atom. The van der Waals surface area contributed by atoms with Gasteiger partial charge in [-0.05, 0) is 43.2 Å². The van der Waals surface area contributed by atoms with E-state index in [1.54, 1.807) is 6.07 Å². The van der Waals surface area contributed by atoms with Crippen molar-refractivity contribution in [3.8, 4) is 5.75 Å². The Kier molecular flexibility index (Phi) is 11.1. The third-order valence-corrected chi connectivity index (χ3v) is 10.3. The van der Waals surface area contributed by atoms with Gasteiger partial charge in [0.05, 0.1) is 0 Å². The number of fused-ring (bicyclic) bond motifs is 1. The third kappa shape index (κ3) is 7.60. The topological polar surface area (TPSA) is 41.6 Å². The van der Waals surface area contributed by atoms with Crippen molar-refractivity contribution in [2.45, 2.75) is 97.6 Å². The molecule has 2 aliphatic rings. The van der Waals surface area contributed by atoms with Crippen LogP contribution in [-0.2, 0) is 23.7 Å². The Morgan fingerprint density at radius 2 is 1.50 bits per heavy atom. The van der Waals surface area contributed by atoms with Crippen molar-refractivity contribution in [1.82, 2.24) is 0 Å². The molecule has 0 aromatic heterocycles. The van der Waals surface area contributed by atoms with Gasteiger partial charge in [-0.2, -0.15) is 0 Å². The molecule has 0 saturated carbocycles. The molecule has 7 heteroatoms. The predicted molar refractivity (Wildman–Crippen MR) is 185 cm³/mol. The van der Waals surface area contributed by atoms with E-state index in [1.165, 1.54) is 22.4 Å². The monoisotopic (exact) mass is 723 g/mol. The number of para-hydroxylation sites is 2. The standard InChI is InChI=1S/C25H34N.C12H13NO2.2ClH.Ru/c1-18(2)21-14-11-15-22(19(3)4)23(21)26-17-25(7,16-24(26,5)6)20-12-9-8-10-13-20;1-7(2)10-12(14)13-9-6-4-5-8(3)11(9)15-10;;;/h8-15,17-19H,16H2,1-7H3;3-7,10H,1-2H3,(H,13,14);2*1H;/q-1;;;;+2/p-2. The Hall–Kier alpha value is -2.20. The van der Waals surface area contributed by atoms with Crippen LogP contribution in [0.5, 0.6) is 5.75 Å². The second-order valence-electron chi connectivity index (χ2n) is 13.7. The van der Waals surface area contributed by atoms with Crippen LogP contribution in [-0.4, -0.2) is 22.2 Å². The third-order valence-electron chi connectivity index (χ3n) is 8.48. The molecule has 1 saturated heterocycles. The van der Waals surface area contributed by atoms with E-state index in [0.29, 0.717) is 23.3 Å². The number of halogens is 2. The van der Waals surface area contributed by atoms with Crippen molar-refractivity contribution in [1.29, 1.82) is 0 Å². The van der Waals surface area contributed by atoms with E-state index in [4.69, 9.17) is 24.1 Å². The normalized spacial score (nSPS) is 21.0. The number of nitrogens with zero attached hydrogens (tertiary/aromatic N) is 1. The largest absolute Gasteiger partial charge is 0.517 e. The zero-order chi connectivity index (χ0) is 32.4. The zero-order valence-corrected chi connectivity index (χ0v) is 30.6. The van der Waals surface area contributed by atoms with E-state index < -0.39 is 19.6 Å². The molecule has 5 rings (SSSR count). The summed E-state index contributed by atoms with van der Waals surface area (Å²) in [5.41, 5.74) is 7.42. The minimum Gasteiger partial charge on any atom is -0.517 e. The number of hydrogen-bond acceptors (Lipinski definition) is 3. The molecule has 3 aromatic rings. The summed E-state index contributed by atoms with van der Waals surface area (Å²) in [6.45, 7) is 22.8. The van der Waals surface area contributed by atoms with Crippen LogP contribution < -0.4 is 15.0 Å². The van der Waals surface area contributed by atoms with Crippen LogP contribution in [0.15, 0.2) is 66.7 Å². The quantitative estimate of drug-likeness (QED) is 0.203. The van der Waals surface area contributed by atoms with Gasteiger partial charge in [-0.3, -0.25) is 0 Å². The molecular weight excluding hydrogens is 676 g/mol. The van der Waals surface area contributed by atoms with Crippen LogP contribution >= 0.6 is 19.4 Å². The number of benzene rings is 3. The van der Waals surface area contributed by atoms with E-state index in [1.807, 2.05) is 30.6 Å². The minimum atomic E-state index is -1.92. The van der Waals surface area contributed by atoms with Crippen LogP contribution in [0.4, 0.5) is 11.4 Å². The summed E-state index contributed by atoms with van der Waals surface area (Å²) in [7, 11) is 11.8. The maximum atomic E-state index is 11.8. The van der Waals surface area contributed by atoms with Crippen molar-refractivity contribution in [2.24, 2.45) is 5.92 Å². The molecule has 240 valence electrons. The van der Waals surface area contributed by atoms with Gasteiger partial charge in [0.2, 0.25) is 0 Å². The number of carbonyl (C=O) groups excluding carboxylic acids is 1. The maximum absolute atomic E-state index is 11.8. The van der Waals surface area contributed by atoms with Crippen molar-refractivity contribution in [2.75, 3.05) is 10.2 Å². The molecule has 2 unspecified atom stereocenters. The maximum Gasteiger partial charge on any atom is 0.0145 e. The van der Waals surface area contributed by atoms with E-state index in [2.05, 4.69) is 114 Å². The number of nitrogens with one attached hydrogen (secondary N) is 1. The summed E-state index contributed by atoms with van der Waals surface area (Å²) in [4.78, 5) is 14.4. The van der Waals surface area contributed by atoms with Crippen molar-refractivity contribution < 1.29 is 23.0 Å². The minimum absolute atomic E-state index is 0.0586. The summed E-state index contributed by atoms with van der Waals surface area (Å²) in [6, 6.07) is 23.4. The van der Waals surface area contributed by atoms with Crippen LogP contribution in [0.25, 0.3) is 0 Å². The Balaban J connectivity index is 0.000000215. The molecule has 4 nitrogen and oxygen atoms in total. The van der Waals surface area contributed by atoms with E-state index >= 15 is 0 Å². The van der Waals surface area contributed by atoms with Gasteiger partial charge in [-0.1, -0.05) is 88.7 Å². The van der Waals surface area contributed by atoms with E-state index in [-0.39, 0.29) is 22.8 Å². The van der Waals surface area contributed by atoms with Crippen LogP contribution in [0.3, 0.4) is 0 Å². The molecular formula is C37H47Cl2N2O2Ru-. The number of carbonyl (C=O) groups is 1. The molecule has 0 aliphatic carbocycles. The van der Waals surface area contributed by atoms with Gasteiger partial charge >= 0.3 is 119 Å². The Morgan fingerprint density at radius 1 is 0.909 bits per heavy atom. The summed E-state index contributed by atoms with van der Waals surface area (Å²) in [5.74, 6) is 1.68. The van der Waals surface area contributed by atoms with Gasteiger partial charge in [0.25, 0.3) is 0 Å². The summed E-state index contributed by atoms with van der Waals surface area (Å²) >= 11 is -1.92. The molecule has 0 spiro atoms.